The molecule has 0 aromatic heterocycles. The highest BCUT2D eigenvalue weighted by atomic mass is 32.2. The third-order valence-corrected chi connectivity index (χ3v) is 4.49. The molecule has 1 rings (SSSR count). The summed E-state index contributed by atoms with van der Waals surface area (Å²) in [6.07, 6.45) is 0.833. The second kappa shape index (κ2) is 7.15. The molecule has 0 saturated carbocycles. The van der Waals surface area contributed by atoms with E-state index in [1.807, 2.05) is 18.7 Å². The summed E-state index contributed by atoms with van der Waals surface area (Å²) in [5.74, 6) is 0. The Morgan fingerprint density at radius 3 is 2.45 bits per heavy atom. The van der Waals surface area contributed by atoms with Gasteiger partial charge in [0.15, 0.2) is 0 Å². The van der Waals surface area contributed by atoms with Crippen molar-refractivity contribution in [2.75, 3.05) is 0 Å². The number of hydrogen-bond donors (Lipinski definition) is 1. The number of thioether (sulfide) groups is 1. The third-order valence-electron chi connectivity index (χ3n) is 3.21. The third kappa shape index (κ3) is 5.19. The fraction of sp³-hybridized carbons (Fsp3) is 0.588. The zero-order valence-corrected chi connectivity index (χ0v) is 14.3. The van der Waals surface area contributed by atoms with E-state index in [0.29, 0.717) is 11.3 Å². The van der Waals surface area contributed by atoms with Gasteiger partial charge in [-0.15, -0.1) is 11.8 Å². The highest BCUT2D eigenvalue weighted by Crippen LogP contribution is 2.31. The van der Waals surface area contributed by atoms with Gasteiger partial charge in [-0.05, 0) is 52.7 Å². The highest BCUT2D eigenvalue weighted by molar-refractivity contribution is 8.00. The molecular weight excluding hydrogens is 264 g/mol. The summed E-state index contributed by atoms with van der Waals surface area (Å²) in [7, 11) is 0. The molecule has 1 aromatic carbocycles. The Bertz CT molecular complexity index is 490. The van der Waals surface area contributed by atoms with Gasteiger partial charge in [-0.3, -0.25) is 5.32 Å². The number of rotatable bonds is 6. The molecule has 20 heavy (non-hydrogen) atoms. The average Bonchev–Trinajstić information content (AvgIpc) is 2.31. The minimum absolute atomic E-state index is 0.318. The van der Waals surface area contributed by atoms with E-state index in [1.54, 1.807) is 0 Å². The first kappa shape index (κ1) is 17.1. The van der Waals surface area contributed by atoms with Gasteiger partial charge in [0, 0.05) is 16.2 Å². The van der Waals surface area contributed by atoms with Gasteiger partial charge >= 0.3 is 0 Å². The molecule has 0 aliphatic rings. The molecule has 2 atom stereocenters. The van der Waals surface area contributed by atoms with Crippen LogP contribution in [0.5, 0.6) is 0 Å². The molecule has 0 amide bonds. The van der Waals surface area contributed by atoms with Crippen molar-refractivity contribution in [3.05, 3.63) is 29.3 Å². The molecule has 110 valence electrons. The van der Waals surface area contributed by atoms with Gasteiger partial charge in [0.25, 0.3) is 0 Å². The topological polar surface area (TPSA) is 35.8 Å². The van der Waals surface area contributed by atoms with Crippen molar-refractivity contribution in [3.8, 4) is 6.07 Å². The minimum Gasteiger partial charge on any atom is -0.297 e. The lowest BCUT2D eigenvalue weighted by Gasteiger charge is -2.28. The van der Waals surface area contributed by atoms with Crippen LogP contribution in [0.4, 0.5) is 0 Å². The quantitative estimate of drug-likeness (QED) is 0.786. The molecule has 0 aliphatic heterocycles. The molecule has 0 aliphatic carbocycles. The van der Waals surface area contributed by atoms with Gasteiger partial charge in [-0.1, -0.05) is 24.6 Å². The van der Waals surface area contributed by atoms with Crippen LogP contribution in [0.2, 0.25) is 0 Å². The van der Waals surface area contributed by atoms with Crippen LogP contribution in [0.3, 0.4) is 0 Å². The van der Waals surface area contributed by atoms with Gasteiger partial charge < -0.3 is 0 Å². The van der Waals surface area contributed by atoms with E-state index < -0.39 is 5.54 Å². The fourth-order valence-electron chi connectivity index (χ4n) is 2.54. The molecule has 2 nitrogen and oxygen atoms in total. The van der Waals surface area contributed by atoms with Crippen LogP contribution < -0.4 is 5.32 Å². The van der Waals surface area contributed by atoms with Crippen LogP contribution in [0.1, 0.15) is 45.2 Å². The van der Waals surface area contributed by atoms with Crippen molar-refractivity contribution in [2.24, 2.45) is 0 Å². The maximum absolute atomic E-state index is 9.42. The molecule has 1 N–H and O–H groups in total. The summed E-state index contributed by atoms with van der Waals surface area (Å²) in [5, 5.41) is 13.2. The molecule has 0 spiro atoms. The SMILES string of the molecule is Cc1ccc(SC(C)CC(C)(C#N)NC(C)C)c(C)c1. The Hall–Kier alpha value is -0.980. The predicted octanol–water partition coefficient (Wildman–Crippen LogP) is 4.45. The first-order chi connectivity index (χ1) is 9.25. The van der Waals surface area contributed by atoms with E-state index in [-0.39, 0.29) is 0 Å². The summed E-state index contributed by atoms with van der Waals surface area (Å²) >= 11 is 1.86. The van der Waals surface area contributed by atoms with Crippen LogP contribution in [-0.4, -0.2) is 16.8 Å². The molecule has 0 fully saturated rings. The van der Waals surface area contributed by atoms with Gasteiger partial charge in [-0.25, -0.2) is 0 Å². The first-order valence-electron chi connectivity index (χ1n) is 7.18. The smallest absolute Gasteiger partial charge is 0.105 e. The second-order valence-electron chi connectivity index (χ2n) is 6.14. The van der Waals surface area contributed by atoms with E-state index in [4.69, 9.17) is 0 Å². The lowest BCUT2D eigenvalue weighted by Crippen LogP contribution is -2.46. The number of nitrogens with zero attached hydrogens (tertiary/aromatic N) is 1. The Morgan fingerprint density at radius 2 is 1.95 bits per heavy atom. The van der Waals surface area contributed by atoms with Crippen molar-refractivity contribution in [3.63, 3.8) is 0 Å². The number of hydrogen-bond acceptors (Lipinski definition) is 3. The molecular formula is C17H26N2S. The largest absolute Gasteiger partial charge is 0.297 e. The van der Waals surface area contributed by atoms with Crippen molar-refractivity contribution in [1.29, 1.82) is 5.26 Å². The molecule has 3 heteroatoms. The van der Waals surface area contributed by atoms with Crippen LogP contribution in [0.15, 0.2) is 23.1 Å². The Balaban J connectivity index is 2.71. The van der Waals surface area contributed by atoms with Crippen LogP contribution in [0.25, 0.3) is 0 Å². The van der Waals surface area contributed by atoms with E-state index in [2.05, 4.69) is 64.2 Å². The van der Waals surface area contributed by atoms with Gasteiger partial charge in [0.2, 0.25) is 0 Å². The van der Waals surface area contributed by atoms with Crippen LogP contribution >= 0.6 is 11.8 Å². The molecule has 2 unspecified atom stereocenters. The monoisotopic (exact) mass is 290 g/mol. The molecule has 0 heterocycles. The maximum Gasteiger partial charge on any atom is 0.105 e. The minimum atomic E-state index is -0.459. The number of nitrogens with one attached hydrogen (secondary N) is 1. The van der Waals surface area contributed by atoms with E-state index in [9.17, 15) is 5.26 Å². The number of aryl methyl sites for hydroxylation is 2. The Kier molecular flexibility index (Phi) is 6.10. The lowest BCUT2D eigenvalue weighted by atomic mass is 9.97. The lowest BCUT2D eigenvalue weighted by molar-refractivity contribution is 0.382. The van der Waals surface area contributed by atoms with E-state index >= 15 is 0 Å². The Labute approximate surface area is 128 Å². The molecule has 0 bridgehead atoms. The fourth-order valence-corrected chi connectivity index (χ4v) is 3.78. The average molecular weight is 290 g/mol. The Morgan fingerprint density at radius 1 is 1.30 bits per heavy atom. The molecule has 0 radical (unpaired) electrons. The zero-order valence-electron chi connectivity index (χ0n) is 13.4. The van der Waals surface area contributed by atoms with Crippen molar-refractivity contribution < 1.29 is 0 Å². The summed E-state index contributed by atoms with van der Waals surface area (Å²) in [5.41, 5.74) is 2.15. The number of nitriles is 1. The second-order valence-corrected chi connectivity index (χ2v) is 7.62. The van der Waals surface area contributed by atoms with E-state index in [0.717, 1.165) is 6.42 Å². The van der Waals surface area contributed by atoms with Gasteiger partial charge in [0.05, 0.1) is 6.07 Å². The van der Waals surface area contributed by atoms with Crippen LogP contribution in [-0.2, 0) is 0 Å². The summed E-state index contributed by atoms with van der Waals surface area (Å²) in [6, 6.07) is 9.29. The van der Waals surface area contributed by atoms with Crippen LogP contribution in [0, 0.1) is 25.2 Å². The van der Waals surface area contributed by atoms with Crippen molar-refractivity contribution in [1.82, 2.24) is 5.32 Å². The first-order valence-corrected chi connectivity index (χ1v) is 8.06. The number of benzene rings is 1. The zero-order chi connectivity index (χ0) is 15.3. The normalized spacial score (nSPS) is 15.7. The molecule has 1 aromatic rings. The molecule has 0 saturated heterocycles. The summed E-state index contributed by atoms with van der Waals surface area (Å²) < 4.78 is 0. The standard InChI is InChI=1S/C17H26N2S/c1-12(2)19-17(6,11-18)10-15(5)20-16-8-7-13(3)9-14(16)4/h7-9,12,15,19H,10H2,1-6H3. The highest BCUT2D eigenvalue weighted by Gasteiger charge is 2.27. The maximum atomic E-state index is 9.42. The predicted molar refractivity (Wildman–Crippen MR) is 88.1 cm³/mol. The van der Waals surface area contributed by atoms with Gasteiger partial charge in [-0.2, -0.15) is 5.26 Å². The van der Waals surface area contributed by atoms with Crippen molar-refractivity contribution >= 4 is 11.8 Å². The van der Waals surface area contributed by atoms with E-state index in [1.165, 1.54) is 16.0 Å². The van der Waals surface area contributed by atoms with Crippen molar-refractivity contribution in [2.45, 2.75) is 69.7 Å². The summed E-state index contributed by atoms with van der Waals surface area (Å²) in [4.78, 5) is 1.31. The summed E-state index contributed by atoms with van der Waals surface area (Å²) in [6.45, 7) is 12.6. The van der Waals surface area contributed by atoms with Gasteiger partial charge in [0.1, 0.15) is 5.54 Å².